The molecule has 144 valence electrons. The van der Waals surface area contributed by atoms with E-state index in [1.807, 2.05) is 16.3 Å². The van der Waals surface area contributed by atoms with Crippen LogP contribution in [0.4, 0.5) is 0 Å². The molecule has 2 aromatic rings. The van der Waals surface area contributed by atoms with E-state index in [1.54, 1.807) is 35.9 Å². The van der Waals surface area contributed by atoms with Crippen molar-refractivity contribution in [3.63, 3.8) is 0 Å². The Kier molecular flexibility index (Phi) is 5.50. The second kappa shape index (κ2) is 7.87. The topological polar surface area (TPSA) is 56.7 Å². The van der Waals surface area contributed by atoms with Gasteiger partial charge in [0.2, 0.25) is 0 Å². The van der Waals surface area contributed by atoms with Crippen molar-refractivity contribution in [1.29, 1.82) is 0 Å². The summed E-state index contributed by atoms with van der Waals surface area (Å²) in [7, 11) is 0. The molecule has 0 saturated carbocycles. The Bertz CT molecular complexity index is 790. The van der Waals surface area contributed by atoms with E-state index in [0.717, 1.165) is 43.9 Å². The van der Waals surface area contributed by atoms with Crippen LogP contribution in [0.25, 0.3) is 0 Å². The highest BCUT2D eigenvalue weighted by molar-refractivity contribution is 7.10. The molecule has 27 heavy (non-hydrogen) atoms. The molecule has 7 heteroatoms. The summed E-state index contributed by atoms with van der Waals surface area (Å²) in [5, 5.41) is 13.3. The van der Waals surface area contributed by atoms with Crippen molar-refractivity contribution >= 4 is 28.8 Å². The third kappa shape index (κ3) is 4.19. The van der Waals surface area contributed by atoms with Gasteiger partial charge in [0, 0.05) is 36.9 Å². The predicted octanol–water partition coefficient (Wildman–Crippen LogP) is 3.29. The van der Waals surface area contributed by atoms with Gasteiger partial charge in [0.25, 0.3) is 5.91 Å². The number of halogens is 1. The lowest BCUT2D eigenvalue weighted by Gasteiger charge is -2.49. The van der Waals surface area contributed by atoms with E-state index in [0.29, 0.717) is 18.7 Å². The Labute approximate surface area is 168 Å². The van der Waals surface area contributed by atoms with Gasteiger partial charge in [-0.05, 0) is 61.3 Å². The van der Waals surface area contributed by atoms with Crippen LogP contribution < -0.4 is 0 Å². The van der Waals surface area contributed by atoms with E-state index in [9.17, 15) is 9.90 Å². The van der Waals surface area contributed by atoms with Gasteiger partial charge in [-0.3, -0.25) is 14.7 Å². The maximum atomic E-state index is 12.8. The Hall–Kier alpha value is -1.47. The molecule has 5 nitrogen and oxygen atoms in total. The number of thiophene rings is 1. The number of pyridine rings is 1. The summed E-state index contributed by atoms with van der Waals surface area (Å²) in [4.78, 5) is 22.3. The molecule has 2 aromatic heterocycles. The fourth-order valence-electron chi connectivity index (χ4n) is 4.37. The van der Waals surface area contributed by atoms with E-state index in [4.69, 9.17) is 11.6 Å². The molecular formula is C20H24ClN3O2S. The number of hydrogen-bond donors (Lipinski definition) is 1. The second-order valence-corrected chi connectivity index (χ2v) is 9.16. The van der Waals surface area contributed by atoms with E-state index in [1.165, 1.54) is 4.88 Å². The minimum Gasteiger partial charge on any atom is -0.391 e. The highest BCUT2D eigenvalue weighted by Crippen LogP contribution is 2.41. The van der Waals surface area contributed by atoms with Gasteiger partial charge in [0.05, 0.1) is 16.7 Å². The average Bonchev–Trinajstić information content (AvgIpc) is 3.08. The molecule has 1 amide bonds. The number of piperidine rings is 2. The number of β-amino-alcohol motifs (C(OH)–C–C–N with tert-alkyl or cyclic N) is 1. The molecule has 0 radical (unpaired) electrons. The van der Waals surface area contributed by atoms with Gasteiger partial charge in [-0.15, -0.1) is 11.3 Å². The third-order valence-corrected chi connectivity index (χ3v) is 7.17. The van der Waals surface area contributed by atoms with Gasteiger partial charge in [-0.1, -0.05) is 11.6 Å². The molecule has 0 bridgehead atoms. The molecule has 2 aliphatic rings. The molecule has 1 spiro atoms. The zero-order chi connectivity index (χ0) is 18.9. The van der Waals surface area contributed by atoms with E-state index >= 15 is 0 Å². The van der Waals surface area contributed by atoms with Crippen LogP contribution in [0.3, 0.4) is 0 Å². The summed E-state index contributed by atoms with van der Waals surface area (Å²) >= 11 is 7.93. The molecule has 2 aliphatic heterocycles. The number of amides is 1. The third-order valence-electron chi connectivity index (χ3n) is 5.80. The van der Waals surface area contributed by atoms with Gasteiger partial charge in [0.15, 0.2) is 0 Å². The summed E-state index contributed by atoms with van der Waals surface area (Å²) in [5.74, 6) is -0.0333. The van der Waals surface area contributed by atoms with Crippen LogP contribution >= 0.6 is 22.9 Å². The fraction of sp³-hybridized carbons (Fsp3) is 0.500. The number of aromatic nitrogens is 1. The van der Waals surface area contributed by atoms with Crippen LogP contribution in [0.1, 0.15) is 34.5 Å². The fourth-order valence-corrected chi connectivity index (χ4v) is 5.51. The number of aliphatic hydroxyl groups is 1. The lowest BCUT2D eigenvalue weighted by atomic mass is 9.71. The number of hydrogen-bond acceptors (Lipinski definition) is 5. The SMILES string of the molecule is O=C(c1cccnc1)N1CC(O)CC2(CCN(Cc3sccc3Cl)CC2)C1. The minimum atomic E-state index is -0.460. The van der Waals surface area contributed by atoms with Crippen molar-refractivity contribution in [3.8, 4) is 0 Å². The van der Waals surface area contributed by atoms with Crippen molar-refractivity contribution in [2.75, 3.05) is 26.2 Å². The lowest BCUT2D eigenvalue weighted by Crippen LogP contribution is -2.55. The van der Waals surface area contributed by atoms with Crippen LogP contribution in [-0.2, 0) is 6.54 Å². The van der Waals surface area contributed by atoms with Crippen molar-refractivity contribution in [3.05, 3.63) is 51.4 Å². The molecule has 2 saturated heterocycles. The largest absolute Gasteiger partial charge is 0.391 e. The summed E-state index contributed by atoms with van der Waals surface area (Å²) in [6.45, 7) is 3.94. The number of rotatable bonds is 3. The van der Waals surface area contributed by atoms with Gasteiger partial charge in [-0.25, -0.2) is 0 Å². The monoisotopic (exact) mass is 405 g/mol. The van der Waals surface area contributed by atoms with E-state index in [2.05, 4.69) is 9.88 Å². The van der Waals surface area contributed by atoms with Crippen LogP contribution in [0.5, 0.6) is 0 Å². The molecular weight excluding hydrogens is 382 g/mol. The maximum absolute atomic E-state index is 12.8. The first-order valence-electron chi connectivity index (χ1n) is 9.36. The van der Waals surface area contributed by atoms with E-state index in [-0.39, 0.29) is 11.3 Å². The Morgan fingerprint density at radius 2 is 2.19 bits per heavy atom. The molecule has 4 heterocycles. The number of carbonyl (C=O) groups is 1. The number of aliphatic hydroxyl groups excluding tert-OH is 1. The van der Waals surface area contributed by atoms with Crippen LogP contribution in [0.2, 0.25) is 5.02 Å². The van der Waals surface area contributed by atoms with Gasteiger partial charge in [-0.2, -0.15) is 0 Å². The predicted molar refractivity (Wildman–Crippen MR) is 107 cm³/mol. The zero-order valence-corrected chi connectivity index (χ0v) is 16.8. The number of likely N-dealkylation sites (tertiary alicyclic amines) is 2. The summed E-state index contributed by atoms with van der Waals surface area (Å²) < 4.78 is 0. The van der Waals surface area contributed by atoms with Gasteiger partial charge in [0.1, 0.15) is 0 Å². The Balaban J connectivity index is 1.41. The standard InChI is InChI=1S/C20H24ClN3O2S/c21-17-3-9-27-18(17)13-23-7-4-20(5-8-23)10-16(25)12-24(14-20)19(26)15-2-1-6-22-11-15/h1-3,6,9,11,16,25H,4-5,7-8,10,12-14H2. The first kappa shape index (κ1) is 18.9. The highest BCUT2D eigenvalue weighted by Gasteiger charge is 2.43. The second-order valence-electron chi connectivity index (χ2n) is 7.75. The summed E-state index contributed by atoms with van der Waals surface area (Å²) in [6, 6.07) is 5.51. The molecule has 1 atom stereocenters. The van der Waals surface area contributed by atoms with Crippen molar-refractivity contribution in [1.82, 2.24) is 14.8 Å². The quantitative estimate of drug-likeness (QED) is 0.851. The molecule has 0 aromatic carbocycles. The first-order chi connectivity index (χ1) is 13.0. The molecule has 4 rings (SSSR count). The molecule has 0 aliphatic carbocycles. The Morgan fingerprint density at radius 1 is 1.37 bits per heavy atom. The van der Waals surface area contributed by atoms with Crippen LogP contribution in [-0.4, -0.2) is 58.1 Å². The van der Waals surface area contributed by atoms with Crippen LogP contribution in [0, 0.1) is 5.41 Å². The highest BCUT2D eigenvalue weighted by atomic mass is 35.5. The minimum absolute atomic E-state index is 0.00524. The van der Waals surface area contributed by atoms with Crippen molar-refractivity contribution in [2.45, 2.75) is 31.9 Å². The van der Waals surface area contributed by atoms with Crippen LogP contribution in [0.15, 0.2) is 36.0 Å². The summed E-state index contributed by atoms with van der Waals surface area (Å²) in [6.07, 6.45) is 5.56. The maximum Gasteiger partial charge on any atom is 0.255 e. The summed E-state index contributed by atoms with van der Waals surface area (Å²) in [5.41, 5.74) is 0.595. The molecule has 1 unspecified atom stereocenters. The van der Waals surface area contributed by atoms with Crippen molar-refractivity contribution < 1.29 is 9.90 Å². The Morgan fingerprint density at radius 3 is 2.85 bits per heavy atom. The molecule has 1 N–H and O–H groups in total. The number of carbonyl (C=O) groups excluding carboxylic acids is 1. The smallest absolute Gasteiger partial charge is 0.255 e. The molecule has 2 fully saturated rings. The normalized spacial score (nSPS) is 22.9. The van der Waals surface area contributed by atoms with Gasteiger partial charge < -0.3 is 10.0 Å². The van der Waals surface area contributed by atoms with Crippen molar-refractivity contribution in [2.24, 2.45) is 5.41 Å². The average molecular weight is 406 g/mol. The zero-order valence-electron chi connectivity index (χ0n) is 15.2. The number of nitrogens with zero attached hydrogens (tertiary/aromatic N) is 3. The first-order valence-corrected chi connectivity index (χ1v) is 10.6. The van der Waals surface area contributed by atoms with E-state index < -0.39 is 6.10 Å². The lowest BCUT2D eigenvalue weighted by molar-refractivity contribution is -0.0336. The van der Waals surface area contributed by atoms with Gasteiger partial charge >= 0.3 is 0 Å².